The zero-order valence-electron chi connectivity index (χ0n) is 14.7. The highest BCUT2D eigenvalue weighted by Gasteiger charge is 2.30. The number of hydrogen-bond acceptors (Lipinski definition) is 4. The molecule has 0 spiro atoms. The molecule has 0 aliphatic carbocycles. The minimum Gasteiger partial charge on any atom is -0.325 e. The van der Waals surface area contributed by atoms with Gasteiger partial charge in [0.25, 0.3) is 0 Å². The van der Waals surface area contributed by atoms with E-state index < -0.39 is 11.7 Å². The summed E-state index contributed by atoms with van der Waals surface area (Å²) in [6, 6.07) is 8.45. The van der Waals surface area contributed by atoms with Crippen molar-refractivity contribution in [2.75, 3.05) is 38.0 Å². The highest BCUT2D eigenvalue weighted by Crippen LogP contribution is 2.29. The number of nitrogens with one attached hydrogen (secondary N) is 1. The summed E-state index contributed by atoms with van der Waals surface area (Å²) in [7, 11) is 0. The first-order chi connectivity index (χ1) is 12.9. The Labute approximate surface area is 155 Å². The van der Waals surface area contributed by atoms with Crippen LogP contribution in [0.1, 0.15) is 11.1 Å². The molecule has 0 saturated carbocycles. The van der Waals surface area contributed by atoms with Crippen LogP contribution in [-0.4, -0.2) is 53.4 Å². The van der Waals surface area contributed by atoms with E-state index in [-0.39, 0.29) is 12.5 Å². The number of halogens is 3. The van der Waals surface area contributed by atoms with Gasteiger partial charge in [-0.05, 0) is 42.0 Å². The molecule has 144 valence electrons. The molecule has 1 aromatic carbocycles. The molecule has 0 radical (unpaired) electrons. The monoisotopic (exact) mass is 378 g/mol. The molecule has 2 aromatic rings. The second kappa shape index (κ2) is 8.49. The summed E-state index contributed by atoms with van der Waals surface area (Å²) in [4.78, 5) is 20.5. The van der Waals surface area contributed by atoms with Gasteiger partial charge in [-0.15, -0.1) is 0 Å². The molecule has 27 heavy (non-hydrogen) atoms. The van der Waals surface area contributed by atoms with Crippen LogP contribution in [0.3, 0.4) is 0 Å². The van der Waals surface area contributed by atoms with Crippen LogP contribution in [-0.2, 0) is 17.5 Å². The molecule has 1 saturated heterocycles. The molecule has 1 aliphatic rings. The molecule has 0 atom stereocenters. The molecule has 0 unspecified atom stereocenters. The average Bonchev–Trinajstić information content (AvgIpc) is 2.64. The van der Waals surface area contributed by atoms with Crippen LogP contribution in [0.5, 0.6) is 0 Å². The first-order valence-electron chi connectivity index (χ1n) is 8.71. The summed E-state index contributed by atoms with van der Waals surface area (Å²) in [6.07, 6.45) is -0.827. The third-order valence-electron chi connectivity index (χ3n) is 4.48. The summed E-state index contributed by atoms with van der Waals surface area (Å²) in [5.41, 5.74) is 0.841. The van der Waals surface area contributed by atoms with Crippen LogP contribution in [0.25, 0.3) is 0 Å². The zero-order chi connectivity index (χ0) is 19.3. The number of hydrogen-bond donors (Lipinski definition) is 1. The number of aromatic nitrogens is 1. The van der Waals surface area contributed by atoms with E-state index >= 15 is 0 Å². The average molecular weight is 378 g/mol. The maximum atomic E-state index is 12.6. The van der Waals surface area contributed by atoms with E-state index in [1.165, 1.54) is 17.7 Å². The third kappa shape index (κ3) is 5.77. The standard InChI is InChI=1S/C19H21F3N4O/c20-19(21,22)16-1-3-17(4-2-16)24-18(27)14-26-11-9-25(10-12-26)13-15-5-7-23-8-6-15/h1-8H,9-14H2,(H,24,27). The number of benzene rings is 1. The lowest BCUT2D eigenvalue weighted by Crippen LogP contribution is -2.48. The summed E-state index contributed by atoms with van der Waals surface area (Å²) in [6.45, 7) is 4.33. The summed E-state index contributed by atoms with van der Waals surface area (Å²) < 4.78 is 37.7. The normalized spacial score (nSPS) is 16.3. The first kappa shape index (κ1) is 19.3. The van der Waals surface area contributed by atoms with Crippen molar-refractivity contribution in [3.63, 3.8) is 0 Å². The molecular weight excluding hydrogens is 357 g/mol. The highest BCUT2D eigenvalue weighted by molar-refractivity contribution is 5.92. The molecule has 1 aliphatic heterocycles. The van der Waals surface area contributed by atoms with Gasteiger partial charge in [0.1, 0.15) is 0 Å². The Hall–Kier alpha value is -2.45. The van der Waals surface area contributed by atoms with E-state index in [2.05, 4.69) is 15.2 Å². The predicted octanol–water partition coefficient (Wildman–Crippen LogP) is 2.86. The number of alkyl halides is 3. The van der Waals surface area contributed by atoms with Gasteiger partial charge in [0, 0.05) is 50.8 Å². The van der Waals surface area contributed by atoms with Gasteiger partial charge in [-0.25, -0.2) is 0 Å². The Morgan fingerprint density at radius 1 is 0.963 bits per heavy atom. The third-order valence-corrected chi connectivity index (χ3v) is 4.48. The molecule has 1 N–H and O–H groups in total. The zero-order valence-corrected chi connectivity index (χ0v) is 14.7. The van der Waals surface area contributed by atoms with Gasteiger partial charge in [-0.3, -0.25) is 19.6 Å². The minimum atomic E-state index is -4.38. The number of nitrogens with zero attached hydrogens (tertiary/aromatic N) is 3. The second-order valence-electron chi connectivity index (χ2n) is 6.53. The fourth-order valence-electron chi connectivity index (χ4n) is 3.00. The lowest BCUT2D eigenvalue weighted by molar-refractivity contribution is -0.137. The van der Waals surface area contributed by atoms with Gasteiger partial charge in [0.2, 0.25) is 5.91 Å². The van der Waals surface area contributed by atoms with Crippen LogP contribution in [0.4, 0.5) is 18.9 Å². The van der Waals surface area contributed by atoms with Crippen molar-refractivity contribution in [1.29, 1.82) is 0 Å². The number of pyridine rings is 1. The van der Waals surface area contributed by atoms with Crippen molar-refractivity contribution in [2.45, 2.75) is 12.7 Å². The summed E-state index contributed by atoms with van der Waals surface area (Å²) >= 11 is 0. The fraction of sp³-hybridized carbons (Fsp3) is 0.368. The Balaban J connectivity index is 1.43. The molecule has 8 heteroatoms. The van der Waals surface area contributed by atoms with E-state index in [9.17, 15) is 18.0 Å². The number of rotatable bonds is 5. The lowest BCUT2D eigenvalue weighted by atomic mass is 10.2. The van der Waals surface area contributed by atoms with Crippen LogP contribution in [0, 0.1) is 0 Å². The summed E-state index contributed by atoms with van der Waals surface area (Å²) in [5, 5.41) is 2.65. The van der Waals surface area contributed by atoms with Crippen LogP contribution in [0.15, 0.2) is 48.8 Å². The van der Waals surface area contributed by atoms with Crippen LogP contribution in [0.2, 0.25) is 0 Å². The largest absolute Gasteiger partial charge is 0.416 e. The molecule has 0 bridgehead atoms. The van der Waals surface area contributed by atoms with Crippen molar-refractivity contribution < 1.29 is 18.0 Å². The predicted molar refractivity (Wildman–Crippen MR) is 96.0 cm³/mol. The van der Waals surface area contributed by atoms with Crippen LogP contribution >= 0.6 is 0 Å². The highest BCUT2D eigenvalue weighted by atomic mass is 19.4. The molecule has 1 fully saturated rings. The topological polar surface area (TPSA) is 48.5 Å². The Bertz CT molecular complexity index is 742. The van der Waals surface area contributed by atoms with Gasteiger partial charge in [-0.1, -0.05) is 0 Å². The van der Waals surface area contributed by atoms with Crippen molar-refractivity contribution in [3.8, 4) is 0 Å². The molecule has 1 aromatic heterocycles. The van der Waals surface area contributed by atoms with E-state index in [0.717, 1.165) is 44.9 Å². The number of carbonyl (C=O) groups excluding carboxylic acids is 1. The van der Waals surface area contributed by atoms with E-state index in [0.29, 0.717) is 5.69 Å². The first-order valence-corrected chi connectivity index (χ1v) is 8.71. The maximum Gasteiger partial charge on any atom is 0.416 e. The summed E-state index contributed by atoms with van der Waals surface area (Å²) in [5.74, 6) is -0.225. The van der Waals surface area contributed by atoms with E-state index in [1.807, 2.05) is 17.0 Å². The van der Waals surface area contributed by atoms with Crippen molar-refractivity contribution >= 4 is 11.6 Å². The SMILES string of the molecule is O=C(CN1CCN(Cc2ccncc2)CC1)Nc1ccc(C(F)(F)F)cc1. The molecule has 2 heterocycles. The van der Waals surface area contributed by atoms with Gasteiger partial charge in [0.05, 0.1) is 12.1 Å². The minimum absolute atomic E-state index is 0.225. The van der Waals surface area contributed by atoms with E-state index in [1.54, 1.807) is 12.4 Å². The quantitative estimate of drug-likeness (QED) is 0.869. The van der Waals surface area contributed by atoms with Gasteiger partial charge in [-0.2, -0.15) is 13.2 Å². The molecule has 1 amide bonds. The smallest absolute Gasteiger partial charge is 0.325 e. The fourth-order valence-corrected chi connectivity index (χ4v) is 3.00. The van der Waals surface area contributed by atoms with Crippen molar-refractivity contribution in [3.05, 3.63) is 59.9 Å². The van der Waals surface area contributed by atoms with Gasteiger partial charge >= 0.3 is 6.18 Å². The maximum absolute atomic E-state index is 12.6. The van der Waals surface area contributed by atoms with Crippen molar-refractivity contribution in [1.82, 2.24) is 14.8 Å². The Morgan fingerprint density at radius 3 is 2.15 bits per heavy atom. The molecule has 3 rings (SSSR count). The van der Waals surface area contributed by atoms with Crippen LogP contribution < -0.4 is 5.32 Å². The van der Waals surface area contributed by atoms with Crippen molar-refractivity contribution in [2.24, 2.45) is 0 Å². The number of piperazine rings is 1. The van der Waals surface area contributed by atoms with Gasteiger partial charge in [0.15, 0.2) is 0 Å². The number of anilines is 1. The number of carbonyl (C=O) groups is 1. The Kier molecular flexibility index (Phi) is 6.08. The Morgan fingerprint density at radius 2 is 1.56 bits per heavy atom. The second-order valence-corrected chi connectivity index (χ2v) is 6.53. The lowest BCUT2D eigenvalue weighted by Gasteiger charge is -2.34. The van der Waals surface area contributed by atoms with E-state index in [4.69, 9.17) is 0 Å². The molecule has 5 nitrogen and oxygen atoms in total. The molecular formula is C19H21F3N4O. The van der Waals surface area contributed by atoms with Gasteiger partial charge < -0.3 is 5.32 Å². The number of amides is 1.